The highest BCUT2D eigenvalue weighted by atomic mass is 16.5. The van der Waals surface area contributed by atoms with Crippen molar-refractivity contribution in [1.82, 2.24) is 10.6 Å². The zero-order chi connectivity index (χ0) is 16.1. The molecule has 0 bridgehead atoms. The van der Waals surface area contributed by atoms with Gasteiger partial charge in [-0.25, -0.2) is 4.79 Å². The van der Waals surface area contributed by atoms with Crippen LogP contribution >= 0.6 is 0 Å². The second kappa shape index (κ2) is 7.64. The van der Waals surface area contributed by atoms with Crippen LogP contribution in [0.15, 0.2) is 0 Å². The van der Waals surface area contributed by atoms with E-state index in [1.165, 1.54) is 19.3 Å². The lowest BCUT2D eigenvalue weighted by Crippen LogP contribution is -2.53. The maximum atomic E-state index is 12.1. The fourth-order valence-corrected chi connectivity index (χ4v) is 3.68. The van der Waals surface area contributed by atoms with Gasteiger partial charge in [0.25, 0.3) is 0 Å². The molecule has 2 rings (SSSR count). The lowest BCUT2D eigenvalue weighted by molar-refractivity contribution is -0.107. The van der Waals surface area contributed by atoms with Crippen LogP contribution in [0.1, 0.15) is 71.6 Å². The van der Waals surface area contributed by atoms with Crippen molar-refractivity contribution >= 4 is 6.03 Å². The summed E-state index contributed by atoms with van der Waals surface area (Å²) in [5.74, 6) is 0. The summed E-state index contributed by atoms with van der Waals surface area (Å²) in [5.41, 5.74) is -0.792. The summed E-state index contributed by atoms with van der Waals surface area (Å²) in [6.07, 6.45) is 9.10. The number of rotatable bonds is 5. The average Bonchev–Trinajstić information content (AvgIpc) is 2.53. The third kappa shape index (κ3) is 4.59. The Kier molecular flexibility index (Phi) is 6.09. The van der Waals surface area contributed by atoms with Crippen molar-refractivity contribution in [3.05, 3.63) is 0 Å². The van der Waals surface area contributed by atoms with Gasteiger partial charge < -0.3 is 20.5 Å². The molecule has 5 nitrogen and oxygen atoms in total. The minimum absolute atomic E-state index is 0.00200. The maximum absolute atomic E-state index is 12.1. The van der Waals surface area contributed by atoms with Crippen LogP contribution in [0.3, 0.4) is 0 Å². The predicted molar refractivity (Wildman–Crippen MR) is 86.9 cm³/mol. The second-order valence-corrected chi connectivity index (χ2v) is 7.04. The van der Waals surface area contributed by atoms with Crippen molar-refractivity contribution in [2.24, 2.45) is 0 Å². The molecule has 22 heavy (non-hydrogen) atoms. The molecule has 1 saturated carbocycles. The summed E-state index contributed by atoms with van der Waals surface area (Å²) in [7, 11) is 0. The zero-order valence-electron chi connectivity index (χ0n) is 14.1. The molecule has 5 heteroatoms. The third-order valence-electron chi connectivity index (χ3n) is 5.49. The Labute approximate surface area is 134 Å². The summed E-state index contributed by atoms with van der Waals surface area (Å²) >= 11 is 0. The summed E-state index contributed by atoms with van der Waals surface area (Å²) in [5, 5.41) is 16.1. The number of carbonyl (C=O) groups is 1. The van der Waals surface area contributed by atoms with Crippen molar-refractivity contribution < 1.29 is 14.6 Å². The van der Waals surface area contributed by atoms with Crippen molar-refractivity contribution in [1.29, 1.82) is 0 Å². The van der Waals surface area contributed by atoms with Crippen molar-refractivity contribution in [3.63, 3.8) is 0 Å². The van der Waals surface area contributed by atoms with E-state index >= 15 is 0 Å². The Hall–Kier alpha value is -0.810. The smallest absolute Gasteiger partial charge is 0.315 e. The Balaban J connectivity index is 1.78. The van der Waals surface area contributed by atoms with Gasteiger partial charge >= 0.3 is 6.03 Å². The van der Waals surface area contributed by atoms with E-state index in [0.29, 0.717) is 19.4 Å². The molecule has 0 radical (unpaired) electrons. The standard InChI is InChI=1S/C17H32N2O3/c1-3-16(21,4-2)13-18-15(20)19-14-8-11-22-17(12-14)9-6-5-7-10-17/h14,21H,3-13H2,1-2H3,(H2,18,19,20)/t14-/m1/s1. The number of ether oxygens (including phenoxy) is 1. The molecular formula is C17H32N2O3. The van der Waals surface area contributed by atoms with Gasteiger partial charge in [0.2, 0.25) is 0 Å². The number of urea groups is 1. The zero-order valence-corrected chi connectivity index (χ0v) is 14.1. The highest BCUT2D eigenvalue weighted by molar-refractivity contribution is 5.74. The summed E-state index contributed by atoms with van der Waals surface area (Å²) in [6, 6.07) is 0.0152. The predicted octanol–water partition coefficient (Wildman–Crippen LogP) is 2.72. The molecule has 1 spiro atoms. The maximum Gasteiger partial charge on any atom is 0.315 e. The fourth-order valence-electron chi connectivity index (χ4n) is 3.68. The number of hydrogen-bond acceptors (Lipinski definition) is 3. The van der Waals surface area contributed by atoms with E-state index in [1.54, 1.807) is 0 Å². The molecule has 1 aliphatic heterocycles. The SMILES string of the molecule is CCC(O)(CC)CNC(=O)N[C@@H]1CCOC2(CCCCC2)C1. The first-order chi connectivity index (χ1) is 10.5. The van der Waals surface area contributed by atoms with Crippen LogP contribution in [0.25, 0.3) is 0 Å². The molecule has 1 heterocycles. The molecule has 128 valence electrons. The van der Waals surface area contributed by atoms with Crippen molar-refractivity contribution in [3.8, 4) is 0 Å². The highest BCUT2D eigenvalue weighted by Gasteiger charge is 2.38. The Morgan fingerprint density at radius 1 is 1.27 bits per heavy atom. The molecule has 1 aliphatic carbocycles. The fraction of sp³-hybridized carbons (Fsp3) is 0.941. The summed E-state index contributed by atoms with van der Waals surface area (Å²) in [4.78, 5) is 12.1. The van der Waals surface area contributed by atoms with Crippen LogP contribution in [-0.2, 0) is 4.74 Å². The molecule has 0 aromatic heterocycles. The Morgan fingerprint density at radius 3 is 2.59 bits per heavy atom. The van der Waals surface area contributed by atoms with Crippen molar-refractivity contribution in [2.75, 3.05) is 13.2 Å². The van der Waals surface area contributed by atoms with Crippen LogP contribution in [-0.4, -0.2) is 41.5 Å². The number of amides is 2. The first-order valence-corrected chi connectivity index (χ1v) is 8.91. The topological polar surface area (TPSA) is 70.6 Å². The van der Waals surface area contributed by atoms with Crippen LogP contribution in [0.5, 0.6) is 0 Å². The van der Waals surface area contributed by atoms with Crippen LogP contribution < -0.4 is 10.6 Å². The summed E-state index contributed by atoms with van der Waals surface area (Å²) < 4.78 is 6.06. The van der Waals surface area contributed by atoms with Gasteiger partial charge in [-0.15, -0.1) is 0 Å². The van der Waals surface area contributed by atoms with E-state index in [9.17, 15) is 9.90 Å². The highest BCUT2D eigenvalue weighted by Crippen LogP contribution is 2.38. The third-order valence-corrected chi connectivity index (χ3v) is 5.49. The molecular weight excluding hydrogens is 280 g/mol. The molecule has 2 aliphatic rings. The number of nitrogens with one attached hydrogen (secondary N) is 2. The normalized spacial score (nSPS) is 25.0. The first-order valence-electron chi connectivity index (χ1n) is 8.91. The molecule has 2 amide bonds. The van der Waals surface area contributed by atoms with E-state index in [4.69, 9.17) is 4.74 Å². The molecule has 1 saturated heterocycles. The summed E-state index contributed by atoms with van der Waals surface area (Å²) in [6.45, 7) is 4.92. The average molecular weight is 312 g/mol. The Bertz CT molecular complexity index is 357. The van der Waals surface area contributed by atoms with Crippen LogP contribution in [0, 0.1) is 0 Å². The van der Waals surface area contributed by atoms with Gasteiger partial charge in [0.15, 0.2) is 0 Å². The quantitative estimate of drug-likeness (QED) is 0.731. The van der Waals surface area contributed by atoms with Crippen LogP contribution in [0.2, 0.25) is 0 Å². The molecule has 3 N–H and O–H groups in total. The van der Waals surface area contributed by atoms with Gasteiger partial charge in [-0.3, -0.25) is 0 Å². The monoisotopic (exact) mass is 312 g/mol. The van der Waals surface area contributed by atoms with Gasteiger partial charge in [0, 0.05) is 19.2 Å². The van der Waals surface area contributed by atoms with E-state index in [2.05, 4.69) is 10.6 Å². The van der Waals surface area contributed by atoms with Crippen LogP contribution in [0.4, 0.5) is 4.79 Å². The first kappa shape index (κ1) is 17.5. The molecule has 0 unspecified atom stereocenters. The van der Waals surface area contributed by atoms with Gasteiger partial charge in [-0.2, -0.15) is 0 Å². The lowest BCUT2D eigenvalue weighted by Gasteiger charge is -2.43. The minimum atomic E-state index is -0.794. The van der Waals surface area contributed by atoms with Gasteiger partial charge in [0.05, 0.1) is 11.2 Å². The minimum Gasteiger partial charge on any atom is -0.388 e. The lowest BCUT2D eigenvalue weighted by atomic mass is 9.78. The molecule has 0 aromatic carbocycles. The number of carbonyl (C=O) groups excluding carboxylic acids is 1. The molecule has 2 fully saturated rings. The molecule has 1 atom stereocenters. The van der Waals surface area contributed by atoms with Gasteiger partial charge in [-0.05, 0) is 38.5 Å². The van der Waals surface area contributed by atoms with Gasteiger partial charge in [-0.1, -0.05) is 33.1 Å². The van der Waals surface area contributed by atoms with E-state index in [0.717, 1.165) is 32.3 Å². The van der Waals surface area contributed by atoms with E-state index < -0.39 is 5.60 Å². The van der Waals surface area contributed by atoms with Gasteiger partial charge in [0.1, 0.15) is 0 Å². The number of aliphatic hydroxyl groups is 1. The van der Waals surface area contributed by atoms with E-state index in [-0.39, 0.29) is 17.7 Å². The molecule has 0 aromatic rings. The second-order valence-electron chi connectivity index (χ2n) is 7.04. The Morgan fingerprint density at radius 2 is 1.95 bits per heavy atom. The largest absolute Gasteiger partial charge is 0.388 e. The van der Waals surface area contributed by atoms with E-state index in [1.807, 2.05) is 13.8 Å². The van der Waals surface area contributed by atoms with Crippen molar-refractivity contribution in [2.45, 2.75) is 88.9 Å². The number of hydrogen-bond donors (Lipinski definition) is 3.